The molecule has 1 rings (SSSR count). The van der Waals surface area contributed by atoms with Gasteiger partial charge < -0.3 is 10.6 Å². The van der Waals surface area contributed by atoms with Crippen LogP contribution in [0.3, 0.4) is 0 Å². The van der Waals surface area contributed by atoms with Crippen molar-refractivity contribution < 1.29 is 0 Å². The van der Waals surface area contributed by atoms with Crippen LogP contribution in [-0.2, 0) is 0 Å². The van der Waals surface area contributed by atoms with Crippen LogP contribution in [0.2, 0.25) is 0 Å². The van der Waals surface area contributed by atoms with E-state index < -0.39 is 0 Å². The fourth-order valence-electron chi connectivity index (χ4n) is 2.56. The monoisotopic (exact) mass is 324 g/mol. The fraction of sp³-hybridized carbons (Fsp3) is 0.706. The number of aliphatic imine (C=N–C) groups is 1. The van der Waals surface area contributed by atoms with Gasteiger partial charge in [-0.25, -0.2) is 0 Å². The highest BCUT2D eigenvalue weighted by molar-refractivity contribution is 7.10. The third-order valence-electron chi connectivity index (χ3n) is 3.82. The highest BCUT2D eigenvalue weighted by atomic mass is 32.1. The van der Waals surface area contributed by atoms with Crippen molar-refractivity contribution in [2.45, 2.75) is 52.6 Å². The summed E-state index contributed by atoms with van der Waals surface area (Å²) in [5.74, 6) is 1.39. The lowest BCUT2D eigenvalue weighted by molar-refractivity contribution is 0.178. The smallest absolute Gasteiger partial charge is 0.191 e. The van der Waals surface area contributed by atoms with Crippen LogP contribution in [0.4, 0.5) is 0 Å². The van der Waals surface area contributed by atoms with Crippen LogP contribution in [0.25, 0.3) is 0 Å². The van der Waals surface area contributed by atoms with Gasteiger partial charge in [-0.1, -0.05) is 13.0 Å². The Labute approximate surface area is 140 Å². The SMILES string of the molecule is CN=C(NCCN(C(C)C)C(C)C)NCC(C)c1cccs1. The highest BCUT2D eigenvalue weighted by Crippen LogP contribution is 2.19. The summed E-state index contributed by atoms with van der Waals surface area (Å²) in [6.45, 7) is 14.1. The molecule has 0 fully saturated rings. The van der Waals surface area contributed by atoms with Crippen molar-refractivity contribution in [3.8, 4) is 0 Å². The van der Waals surface area contributed by atoms with E-state index in [2.05, 4.69) is 72.7 Å². The van der Waals surface area contributed by atoms with E-state index in [1.54, 1.807) is 0 Å². The number of nitrogens with zero attached hydrogens (tertiary/aromatic N) is 2. The molecule has 126 valence electrons. The second-order valence-electron chi connectivity index (χ2n) is 6.22. The molecule has 1 heterocycles. The van der Waals surface area contributed by atoms with E-state index in [4.69, 9.17) is 0 Å². The summed E-state index contributed by atoms with van der Waals surface area (Å²) in [6.07, 6.45) is 0. The molecule has 0 bridgehead atoms. The molecular weight excluding hydrogens is 292 g/mol. The second-order valence-corrected chi connectivity index (χ2v) is 7.20. The Morgan fingerprint density at radius 1 is 1.18 bits per heavy atom. The van der Waals surface area contributed by atoms with Gasteiger partial charge in [-0.3, -0.25) is 9.89 Å². The molecule has 0 aliphatic carbocycles. The Kier molecular flexibility index (Phi) is 8.49. The predicted molar refractivity (Wildman–Crippen MR) is 99.1 cm³/mol. The second kappa shape index (κ2) is 9.85. The van der Waals surface area contributed by atoms with Gasteiger partial charge in [0.05, 0.1) is 0 Å². The Balaban J connectivity index is 2.33. The first-order chi connectivity index (χ1) is 10.5. The van der Waals surface area contributed by atoms with Crippen LogP contribution in [0.1, 0.15) is 45.4 Å². The molecule has 0 spiro atoms. The van der Waals surface area contributed by atoms with Crippen molar-refractivity contribution in [1.29, 1.82) is 0 Å². The summed E-state index contributed by atoms with van der Waals surface area (Å²) in [4.78, 5) is 8.20. The first-order valence-electron chi connectivity index (χ1n) is 8.19. The lowest BCUT2D eigenvalue weighted by Crippen LogP contribution is -2.45. The van der Waals surface area contributed by atoms with Crippen molar-refractivity contribution >= 4 is 17.3 Å². The van der Waals surface area contributed by atoms with Gasteiger partial charge in [0.25, 0.3) is 0 Å². The number of rotatable bonds is 8. The Morgan fingerprint density at radius 2 is 1.86 bits per heavy atom. The van der Waals surface area contributed by atoms with Gasteiger partial charge >= 0.3 is 0 Å². The maximum absolute atomic E-state index is 4.31. The molecule has 2 N–H and O–H groups in total. The average Bonchev–Trinajstić information content (AvgIpc) is 2.99. The molecule has 0 aromatic carbocycles. The van der Waals surface area contributed by atoms with Crippen LogP contribution >= 0.6 is 11.3 Å². The van der Waals surface area contributed by atoms with Gasteiger partial charge in [-0.2, -0.15) is 0 Å². The van der Waals surface area contributed by atoms with Crippen LogP contribution in [0.5, 0.6) is 0 Å². The summed E-state index contributed by atoms with van der Waals surface area (Å²) >= 11 is 1.81. The summed E-state index contributed by atoms with van der Waals surface area (Å²) in [6, 6.07) is 5.43. The van der Waals surface area contributed by atoms with Crippen molar-refractivity contribution in [2.75, 3.05) is 26.7 Å². The summed E-state index contributed by atoms with van der Waals surface area (Å²) in [5.41, 5.74) is 0. The minimum absolute atomic E-state index is 0.501. The largest absolute Gasteiger partial charge is 0.356 e. The molecule has 0 saturated heterocycles. The molecule has 5 heteroatoms. The van der Waals surface area contributed by atoms with Crippen LogP contribution in [-0.4, -0.2) is 49.6 Å². The highest BCUT2D eigenvalue weighted by Gasteiger charge is 2.13. The van der Waals surface area contributed by atoms with Crippen molar-refractivity contribution in [3.05, 3.63) is 22.4 Å². The molecular formula is C17H32N4S. The first kappa shape index (κ1) is 19.0. The van der Waals surface area contributed by atoms with E-state index >= 15 is 0 Å². The summed E-state index contributed by atoms with van der Waals surface area (Å²) < 4.78 is 0. The van der Waals surface area contributed by atoms with Crippen LogP contribution in [0, 0.1) is 0 Å². The lowest BCUT2D eigenvalue weighted by atomic mass is 10.1. The summed E-state index contributed by atoms with van der Waals surface area (Å²) in [5, 5.41) is 8.96. The topological polar surface area (TPSA) is 39.7 Å². The third-order valence-corrected chi connectivity index (χ3v) is 4.92. The van der Waals surface area contributed by atoms with Gasteiger partial charge in [0.15, 0.2) is 5.96 Å². The fourth-order valence-corrected chi connectivity index (χ4v) is 3.35. The number of hydrogen-bond acceptors (Lipinski definition) is 3. The zero-order chi connectivity index (χ0) is 16.5. The molecule has 4 nitrogen and oxygen atoms in total. The molecule has 1 aromatic heterocycles. The van der Waals surface area contributed by atoms with Crippen LogP contribution in [0.15, 0.2) is 22.5 Å². The van der Waals surface area contributed by atoms with E-state index in [1.807, 2.05) is 18.4 Å². The lowest BCUT2D eigenvalue weighted by Gasteiger charge is -2.30. The quantitative estimate of drug-likeness (QED) is 0.570. The Morgan fingerprint density at radius 3 is 2.36 bits per heavy atom. The van der Waals surface area contributed by atoms with E-state index in [1.165, 1.54) is 4.88 Å². The normalized spacial score (nSPS) is 14.0. The molecule has 1 aromatic rings. The minimum Gasteiger partial charge on any atom is -0.356 e. The zero-order valence-corrected chi connectivity index (χ0v) is 15.7. The van der Waals surface area contributed by atoms with Crippen molar-refractivity contribution in [2.24, 2.45) is 4.99 Å². The third kappa shape index (κ3) is 6.36. The molecule has 0 amide bonds. The first-order valence-corrected chi connectivity index (χ1v) is 9.07. The molecule has 1 unspecified atom stereocenters. The zero-order valence-electron chi connectivity index (χ0n) is 14.9. The van der Waals surface area contributed by atoms with Gasteiger partial charge in [0, 0.05) is 49.6 Å². The van der Waals surface area contributed by atoms with E-state index in [0.717, 1.165) is 25.6 Å². The van der Waals surface area contributed by atoms with Gasteiger partial charge in [-0.15, -0.1) is 11.3 Å². The molecule has 0 aliphatic heterocycles. The molecule has 22 heavy (non-hydrogen) atoms. The van der Waals surface area contributed by atoms with Gasteiger partial charge in [0.2, 0.25) is 0 Å². The average molecular weight is 325 g/mol. The predicted octanol–water partition coefficient (Wildman–Crippen LogP) is 3.14. The Hall–Kier alpha value is -1.07. The molecule has 0 aliphatic rings. The van der Waals surface area contributed by atoms with E-state index in [-0.39, 0.29) is 0 Å². The van der Waals surface area contributed by atoms with E-state index in [9.17, 15) is 0 Å². The maximum atomic E-state index is 4.31. The molecule has 0 saturated carbocycles. The Bertz CT molecular complexity index is 418. The number of hydrogen-bond donors (Lipinski definition) is 2. The van der Waals surface area contributed by atoms with Crippen LogP contribution < -0.4 is 10.6 Å². The number of nitrogens with one attached hydrogen (secondary N) is 2. The molecule has 1 atom stereocenters. The maximum Gasteiger partial charge on any atom is 0.191 e. The van der Waals surface area contributed by atoms with E-state index in [0.29, 0.717) is 18.0 Å². The number of thiophene rings is 1. The summed E-state index contributed by atoms with van der Waals surface area (Å²) in [7, 11) is 1.83. The van der Waals surface area contributed by atoms with Crippen molar-refractivity contribution in [1.82, 2.24) is 15.5 Å². The van der Waals surface area contributed by atoms with Gasteiger partial charge in [0.1, 0.15) is 0 Å². The standard InChI is InChI=1S/C17H32N4S/c1-13(2)21(14(3)4)10-9-19-17(18-6)20-12-15(5)16-8-7-11-22-16/h7-8,11,13-15H,9-10,12H2,1-6H3,(H2,18,19,20). The minimum atomic E-state index is 0.501. The van der Waals surface area contributed by atoms with Gasteiger partial charge in [-0.05, 0) is 39.1 Å². The van der Waals surface area contributed by atoms with Crippen molar-refractivity contribution in [3.63, 3.8) is 0 Å². The molecule has 0 radical (unpaired) electrons. The number of guanidine groups is 1.